The van der Waals surface area contributed by atoms with Crippen molar-refractivity contribution in [2.75, 3.05) is 14.1 Å². The van der Waals surface area contributed by atoms with Gasteiger partial charge in [0.25, 0.3) is 11.5 Å². The van der Waals surface area contributed by atoms with Crippen molar-refractivity contribution in [1.82, 2.24) is 14.9 Å². The smallest absolute Gasteiger partial charge is 0.261 e. The van der Waals surface area contributed by atoms with E-state index in [0.29, 0.717) is 23.0 Å². The molecule has 1 aliphatic rings. The van der Waals surface area contributed by atoms with Crippen LogP contribution in [-0.2, 0) is 26.1 Å². The molecule has 0 saturated heterocycles. The normalized spacial score (nSPS) is 13.8. The highest BCUT2D eigenvalue weighted by Gasteiger charge is 2.15. The molecule has 156 valence electrons. The molecule has 4 rings (SSSR count). The Hall–Kier alpha value is -2.99. The fourth-order valence-electron chi connectivity index (χ4n) is 4.12. The molecular formula is C24H29N4O2+. The lowest BCUT2D eigenvalue weighted by atomic mass is 10.1. The zero-order valence-electron chi connectivity index (χ0n) is 17.7. The lowest BCUT2D eigenvalue weighted by Crippen LogP contribution is -3.04. The largest absolute Gasteiger partial charge is 0.348 e. The molecular weight excluding hydrogens is 376 g/mol. The van der Waals surface area contributed by atoms with Gasteiger partial charge in [0.2, 0.25) is 0 Å². The highest BCUT2D eigenvalue weighted by Crippen LogP contribution is 2.16. The summed E-state index contributed by atoms with van der Waals surface area (Å²) >= 11 is 0. The number of hydrogen-bond donors (Lipinski definition) is 2. The highest BCUT2D eigenvalue weighted by molar-refractivity contribution is 5.97. The zero-order valence-corrected chi connectivity index (χ0v) is 17.7. The molecule has 1 aliphatic heterocycles. The van der Waals surface area contributed by atoms with Gasteiger partial charge in [0.15, 0.2) is 0 Å². The van der Waals surface area contributed by atoms with Gasteiger partial charge in [-0.3, -0.25) is 14.2 Å². The van der Waals surface area contributed by atoms with Crippen molar-refractivity contribution in [1.29, 1.82) is 0 Å². The number of aryl methyl sites for hydroxylation is 1. The van der Waals surface area contributed by atoms with Crippen LogP contribution in [0.5, 0.6) is 0 Å². The Labute approximate surface area is 176 Å². The molecule has 0 bridgehead atoms. The molecule has 2 heterocycles. The number of fused-ring (bicyclic) bond motifs is 2. The molecule has 1 amide bonds. The Bertz CT molecular complexity index is 1130. The second-order valence-electron chi connectivity index (χ2n) is 8.36. The predicted octanol–water partition coefficient (Wildman–Crippen LogP) is 1.70. The average molecular weight is 406 g/mol. The minimum absolute atomic E-state index is 0.00368. The van der Waals surface area contributed by atoms with Gasteiger partial charge in [0, 0.05) is 30.6 Å². The summed E-state index contributed by atoms with van der Waals surface area (Å²) in [4.78, 5) is 31.7. The Morgan fingerprint density at radius 2 is 1.90 bits per heavy atom. The minimum atomic E-state index is -0.152. The van der Waals surface area contributed by atoms with Crippen LogP contribution in [0.3, 0.4) is 0 Å². The first kappa shape index (κ1) is 20.3. The molecule has 2 aromatic carbocycles. The van der Waals surface area contributed by atoms with Crippen molar-refractivity contribution in [3.63, 3.8) is 0 Å². The van der Waals surface area contributed by atoms with Gasteiger partial charge in [-0.05, 0) is 36.6 Å². The van der Waals surface area contributed by atoms with E-state index in [1.54, 1.807) is 22.8 Å². The molecule has 0 fully saturated rings. The second-order valence-corrected chi connectivity index (χ2v) is 8.36. The summed E-state index contributed by atoms with van der Waals surface area (Å²) in [6.07, 6.45) is 3.99. The van der Waals surface area contributed by atoms with Gasteiger partial charge in [-0.2, -0.15) is 0 Å². The summed E-state index contributed by atoms with van der Waals surface area (Å²) in [6, 6.07) is 13.4. The fraction of sp³-hybridized carbons (Fsp3) is 0.375. The molecule has 0 atom stereocenters. The van der Waals surface area contributed by atoms with Crippen molar-refractivity contribution < 1.29 is 9.69 Å². The first-order valence-electron chi connectivity index (χ1n) is 10.7. The van der Waals surface area contributed by atoms with E-state index in [1.165, 1.54) is 10.5 Å². The number of nitrogens with zero attached hydrogens (tertiary/aromatic N) is 2. The number of amides is 1. The van der Waals surface area contributed by atoms with Crippen LogP contribution in [0.15, 0.2) is 47.3 Å². The molecule has 30 heavy (non-hydrogen) atoms. The molecule has 0 radical (unpaired) electrons. The lowest BCUT2D eigenvalue weighted by molar-refractivity contribution is -0.872. The zero-order chi connectivity index (χ0) is 21.1. The third kappa shape index (κ3) is 4.28. The second kappa shape index (κ2) is 8.79. The first-order valence-corrected chi connectivity index (χ1v) is 10.7. The average Bonchev–Trinajstić information content (AvgIpc) is 2.98. The van der Waals surface area contributed by atoms with E-state index in [9.17, 15) is 9.59 Å². The van der Waals surface area contributed by atoms with Crippen LogP contribution < -0.4 is 15.8 Å². The van der Waals surface area contributed by atoms with Gasteiger partial charge in [-0.1, -0.05) is 30.7 Å². The molecule has 0 spiro atoms. The van der Waals surface area contributed by atoms with Crippen LogP contribution in [0.1, 0.15) is 46.6 Å². The number of carbonyl (C=O) groups is 1. The standard InChI is InChI=1S/C24H28N4O2/c1-27(2)16-19-9-6-5-8-18(19)15-25-23(29)17-11-12-20-21(14-17)26-22-10-4-3-7-13-28(22)24(20)30/h5-6,8-9,11-12,14H,3-4,7,10,13,15-16H2,1-2H3,(H,25,29)/p+1. The number of rotatable bonds is 5. The quantitative estimate of drug-likeness (QED) is 0.679. The van der Waals surface area contributed by atoms with Gasteiger partial charge >= 0.3 is 0 Å². The molecule has 6 nitrogen and oxygen atoms in total. The maximum Gasteiger partial charge on any atom is 0.261 e. The van der Waals surface area contributed by atoms with Crippen molar-refractivity contribution in [3.05, 3.63) is 75.3 Å². The number of hydrogen-bond acceptors (Lipinski definition) is 3. The van der Waals surface area contributed by atoms with Crippen molar-refractivity contribution in [2.24, 2.45) is 0 Å². The molecule has 1 aromatic heterocycles. The third-order valence-electron chi connectivity index (χ3n) is 5.68. The summed E-state index contributed by atoms with van der Waals surface area (Å²) in [7, 11) is 4.22. The van der Waals surface area contributed by atoms with Crippen LogP contribution in [0, 0.1) is 0 Å². The maximum absolute atomic E-state index is 12.9. The van der Waals surface area contributed by atoms with Crippen LogP contribution in [0.4, 0.5) is 0 Å². The van der Waals surface area contributed by atoms with E-state index in [2.05, 4.69) is 31.5 Å². The van der Waals surface area contributed by atoms with Gasteiger partial charge in [0.1, 0.15) is 12.4 Å². The summed E-state index contributed by atoms with van der Waals surface area (Å²) in [5.41, 5.74) is 3.49. The lowest BCUT2D eigenvalue weighted by Gasteiger charge is -2.13. The Kier molecular flexibility index (Phi) is 5.95. The van der Waals surface area contributed by atoms with E-state index in [4.69, 9.17) is 4.98 Å². The molecule has 0 unspecified atom stereocenters. The molecule has 0 aliphatic carbocycles. The number of aromatic nitrogens is 2. The van der Waals surface area contributed by atoms with Gasteiger partial charge in [0.05, 0.1) is 25.0 Å². The van der Waals surface area contributed by atoms with Crippen molar-refractivity contribution >= 4 is 16.8 Å². The molecule has 3 aromatic rings. The van der Waals surface area contributed by atoms with Crippen LogP contribution in [0.2, 0.25) is 0 Å². The van der Waals surface area contributed by atoms with E-state index >= 15 is 0 Å². The molecule has 0 saturated carbocycles. The van der Waals surface area contributed by atoms with Crippen molar-refractivity contribution in [3.8, 4) is 0 Å². The maximum atomic E-state index is 12.9. The number of carbonyl (C=O) groups excluding carboxylic acids is 1. The van der Waals surface area contributed by atoms with Crippen LogP contribution >= 0.6 is 0 Å². The first-order chi connectivity index (χ1) is 14.5. The van der Waals surface area contributed by atoms with Gasteiger partial charge in [-0.15, -0.1) is 0 Å². The highest BCUT2D eigenvalue weighted by atomic mass is 16.1. The topological polar surface area (TPSA) is 68.4 Å². The van der Waals surface area contributed by atoms with E-state index in [1.807, 2.05) is 12.1 Å². The number of benzene rings is 2. The SMILES string of the molecule is C[NH+](C)Cc1ccccc1CNC(=O)c1ccc2c(=O)n3c(nc2c1)CCCCC3. The predicted molar refractivity (Wildman–Crippen MR) is 118 cm³/mol. The molecule has 2 N–H and O–H groups in total. The summed E-state index contributed by atoms with van der Waals surface area (Å²) in [5, 5.41) is 3.60. The Morgan fingerprint density at radius 1 is 1.10 bits per heavy atom. The third-order valence-corrected chi connectivity index (χ3v) is 5.68. The van der Waals surface area contributed by atoms with E-state index in [-0.39, 0.29) is 11.5 Å². The number of quaternary nitrogens is 1. The van der Waals surface area contributed by atoms with Crippen LogP contribution in [-0.4, -0.2) is 29.6 Å². The summed E-state index contributed by atoms with van der Waals surface area (Å²) in [6.45, 7) is 2.11. The van der Waals surface area contributed by atoms with Gasteiger partial charge in [-0.25, -0.2) is 4.98 Å². The van der Waals surface area contributed by atoms with Crippen LogP contribution in [0.25, 0.3) is 10.9 Å². The van der Waals surface area contributed by atoms with Gasteiger partial charge < -0.3 is 10.2 Å². The number of nitrogens with one attached hydrogen (secondary N) is 2. The molecule has 6 heteroatoms. The van der Waals surface area contributed by atoms with E-state index < -0.39 is 0 Å². The minimum Gasteiger partial charge on any atom is -0.348 e. The summed E-state index contributed by atoms with van der Waals surface area (Å²) in [5.74, 6) is 0.684. The summed E-state index contributed by atoms with van der Waals surface area (Å²) < 4.78 is 1.80. The Balaban J connectivity index is 1.56. The monoisotopic (exact) mass is 405 g/mol. The fourth-order valence-corrected chi connectivity index (χ4v) is 4.12. The van der Waals surface area contributed by atoms with E-state index in [0.717, 1.165) is 50.2 Å². The Morgan fingerprint density at radius 3 is 2.70 bits per heavy atom. The van der Waals surface area contributed by atoms with Crippen molar-refractivity contribution in [2.45, 2.75) is 45.3 Å².